The van der Waals surface area contributed by atoms with Crippen LogP contribution in [0, 0.1) is 5.41 Å². The first-order chi connectivity index (χ1) is 3.27. The molecule has 0 fully saturated rings. The van der Waals surface area contributed by atoms with E-state index < -0.39 is 0 Å². The molecule has 0 bridgehead atoms. The van der Waals surface area contributed by atoms with Crippen LogP contribution < -0.4 is 5.73 Å². The number of nitrogens with one attached hydrogen (secondary N) is 1. The number of nitrogens with two attached hydrogens (primary N) is 1. The largest absolute Gasteiger partial charge is 0.388 e. The van der Waals surface area contributed by atoms with Crippen LogP contribution in [0.15, 0.2) is 0 Å². The molecule has 0 aromatic heterocycles. The van der Waals surface area contributed by atoms with Crippen molar-refractivity contribution in [3.8, 4) is 0 Å². The highest BCUT2D eigenvalue weighted by atomic mass is 16.5. The first-order valence-corrected chi connectivity index (χ1v) is 2.09. The van der Waals surface area contributed by atoms with Crippen molar-refractivity contribution in [3.05, 3.63) is 0 Å². The van der Waals surface area contributed by atoms with Crippen LogP contribution >= 0.6 is 0 Å². The highest BCUT2D eigenvalue weighted by Crippen LogP contribution is 1.74. The van der Waals surface area contributed by atoms with Crippen molar-refractivity contribution < 1.29 is 4.74 Å². The smallest absolute Gasteiger partial charge is 0.0928 e. The van der Waals surface area contributed by atoms with Crippen molar-refractivity contribution in [1.82, 2.24) is 0 Å². The number of hydrogen-bond donors (Lipinski definition) is 2. The highest BCUT2D eigenvalue weighted by molar-refractivity contribution is 5.76. The molecule has 0 aromatic carbocycles. The monoisotopic (exact) mass is 102 g/mol. The molecule has 3 heteroatoms. The molecule has 0 aliphatic carbocycles. The Morgan fingerprint density at radius 3 is 2.57 bits per heavy atom. The predicted molar refractivity (Wildman–Crippen MR) is 28.4 cm³/mol. The molecule has 0 unspecified atom stereocenters. The molecule has 42 valence electrons. The van der Waals surface area contributed by atoms with E-state index in [9.17, 15) is 0 Å². The third-order valence-corrected chi connectivity index (χ3v) is 0.576. The van der Waals surface area contributed by atoms with Gasteiger partial charge in [-0.05, 0) is 0 Å². The molecule has 0 spiro atoms. The Labute approximate surface area is 43.0 Å². The van der Waals surface area contributed by atoms with Crippen LogP contribution in [-0.4, -0.2) is 19.6 Å². The molecule has 0 aliphatic rings. The molecule has 0 heterocycles. The average Bonchev–Trinajstić information content (AvgIpc) is 1.61. The van der Waals surface area contributed by atoms with Gasteiger partial charge < -0.3 is 10.5 Å². The average molecular weight is 102 g/mol. The van der Waals surface area contributed by atoms with Gasteiger partial charge in [0.1, 0.15) is 0 Å². The zero-order valence-electron chi connectivity index (χ0n) is 4.40. The Hall–Kier alpha value is -0.570. The van der Waals surface area contributed by atoms with Crippen LogP contribution in [0.1, 0.15) is 6.42 Å². The van der Waals surface area contributed by atoms with Gasteiger partial charge in [-0.2, -0.15) is 0 Å². The molecule has 0 aliphatic heterocycles. The quantitative estimate of drug-likeness (QED) is 0.388. The molecule has 0 aromatic rings. The zero-order valence-corrected chi connectivity index (χ0v) is 4.40. The lowest BCUT2D eigenvalue weighted by molar-refractivity contribution is 0.207. The van der Waals surface area contributed by atoms with E-state index in [4.69, 9.17) is 11.1 Å². The van der Waals surface area contributed by atoms with Crippen LogP contribution in [0.4, 0.5) is 0 Å². The van der Waals surface area contributed by atoms with Gasteiger partial charge in [0, 0.05) is 13.5 Å². The van der Waals surface area contributed by atoms with Gasteiger partial charge in [0.15, 0.2) is 0 Å². The summed E-state index contributed by atoms with van der Waals surface area (Å²) in [7, 11) is 1.59. The molecule has 7 heavy (non-hydrogen) atoms. The van der Waals surface area contributed by atoms with Gasteiger partial charge in [0.25, 0.3) is 0 Å². The summed E-state index contributed by atoms with van der Waals surface area (Å²) in [5, 5.41) is 6.70. The molecular weight excluding hydrogens is 92.1 g/mol. The van der Waals surface area contributed by atoms with E-state index in [1.807, 2.05) is 0 Å². The molecule has 0 radical (unpaired) electrons. The maximum atomic E-state index is 6.70. The molecule has 0 saturated carbocycles. The molecule has 3 N–H and O–H groups in total. The third kappa shape index (κ3) is 5.43. The van der Waals surface area contributed by atoms with Gasteiger partial charge in [-0.15, -0.1) is 0 Å². The zero-order chi connectivity index (χ0) is 5.70. The highest BCUT2D eigenvalue weighted by Gasteiger charge is 1.83. The fourth-order valence-corrected chi connectivity index (χ4v) is 0.212. The van der Waals surface area contributed by atoms with Crippen LogP contribution in [0.25, 0.3) is 0 Å². The first kappa shape index (κ1) is 6.43. The Balaban J connectivity index is 2.82. The first-order valence-electron chi connectivity index (χ1n) is 2.09. The van der Waals surface area contributed by atoms with Crippen LogP contribution in [0.5, 0.6) is 0 Å². The van der Waals surface area contributed by atoms with E-state index in [0.29, 0.717) is 13.0 Å². The standard InChI is InChI=1S/C4H10N2O/c1-7-3-2-4(5)6/h2-3H2,1H3,(H3,5,6). The van der Waals surface area contributed by atoms with Crippen molar-refractivity contribution >= 4 is 5.84 Å². The fraction of sp³-hybridized carbons (Fsp3) is 0.750. The Bertz CT molecular complexity index is 62.7. The number of methoxy groups -OCH3 is 1. The second-order valence-corrected chi connectivity index (χ2v) is 1.27. The van der Waals surface area contributed by atoms with Gasteiger partial charge >= 0.3 is 0 Å². The molecule has 0 saturated heterocycles. The number of rotatable bonds is 3. The Morgan fingerprint density at radius 1 is 1.86 bits per heavy atom. The van der Waals surface area contributed by atoms with E-state index in [1.165, 1.54) is 0 Å². The van der Waals surface area contributed by atoms with Crippen LogP contribution in [0.2, 0.25) is 0 Å². The summed E-state index contributed by atoms with van der Waals surface area (Å²) < 4.78 is 4.63. The van der Waals surface area contributed by atoms with Gasteiger partial charge in [-0.25, -0.2) is 0 Å². The van der Waals surface area contributed by atoms with Gasteiger partial charge in [0.05, 0.1) is 12.4 Å². The van der Waals surface area contributed by atoms with E-state index in [2.05, 4.69) is 4.74 Å². The van der Waals surface area contributed by atoms with Gasteiger partial charge in [0.2, 0.25) is 0 Å². The van der Waals surface area contributed by atoms with E-state index >= 15 is 0 Å². The summed E-state index contributed by atoms with van der Waals surface area (Å²) in [5.74, 6) is 0.182. The minimum atomic E-state index is 0.182. The predicted octanol–water partition coefficient (Wildman–Crippen LogP) is -0.0411. The number of hydrogen-bond acceptors (Lipinski definition) is 2. The topological polar surface area (TPSA) is 59.1 Å². The lowest BCUT2D eigenvalue weighted by Gasteiger charge is -1.92. The Kier molecular flexibility index (Phi) is 3.32. The third-order valence-electron chi connectivity index (χ3n) is 0.576. The normalized spacial score (nSPS) is 8.71. The summed E-state index contributed by atoms with van der Waals surface area (Å²) >= 11 is 0. The Morgan fingerprint density at radius 2 is 2.43 bits per heavy atom. The number of ether oxygens (including phenoxy) is 1. The lowest BCUT2D eigenvalue weighted by Crippen LogP contribution is -2.11. The fourth-order valence-electron chi connectivity index (χ4n) is 0.212. The summed E-state index contributed by atoms with van der Waals surface area (Å²) in [6.45, 7) is 0.551. The van der Waals surface area contributed by atoms with Gasteiger partial charge in [-0.1, -0.05) is 0 Å². The van der Waals surface area contributed by atoms with E-state index in [0.717, 1.165) is 0 Å². The summed E-state index contributed by atoms with van der Waals surface area (Å²) in [5.41, 5.74) is 4.98. The van der Waals surface area contributed by atoms with Crippen molar-refractivity contribution in [2.24, 2.45) is 5.73 Å². The van der Waals surface area contributed by atoms with Crippen molar-refractivity contribution in [2.45, 2.75) is 6.42 Å². The summed E-state index contributed by atoms with van der Waals surface area (Å²) in [4.78, 5) is 0. The maximum Gasteiger partial charge on any atom is 0.0928 e. The van der Waals surface area contributed by atoms with Crippen LogP contribution in [-0.2, 0) is 4.74 Å². The van der Waals surface area contributed by atoms with Crippen molar-refractivity contribution in [3.63, 3.8) is 0 Å². The van der Waals surface area contributed by atoms with Gasteiger partial charge in [-0.3, -0.25) is 5.41 Å². The summed E-state index contributed by atoms with van der Waals surface area (Å²) in [6, 6.07) is 0. The van der Waals surface area contributed by atoms with E-state index in [-0.39, 0.29) is 5.84 Å². The van der Waals surface area contributed by atoms with Crippen molar-refractivity contribution in [1.29, 1.82) is 5.41 Å². The SMILES string of the molecule is COCCC(=N)N. The maximum absolute atomic E-state index is 6.70. The minimum absolute atomic E-state index is 0.182. The van der Waals surface area contributed by atoms with E-state index in [1.54, 1.807) is 7.11 Å². The lowest BCUT2D eigenvalue weighted by atomic mass is 10.4. The molecule has 0 amide bonds. The molecule has 0 rings (SSSR count). The van der Waals surface area contributed by atoms with Crippen LogP contribution in [0.3, 0.4) is 0 Å². The second-order valence-electron chi connectivity index (χ2n) is 1.27. The molecule has 0 atom stereocenters. The van der Waals surface area contributed by atoms with Crippen molar-refractivity contribution in [2.75, 3.05) is 13.7 Å². The second kappa shape index (κ2) is 3.61. The molecular formula is C4H10N2O. The molecule has 3 nitrogen and oxygen atoms in total. The number of amidine groups is 1. The minimum Gasteiger partial charge on any atom is -0.388 e. The summed E-state index contributed by atoms with van der Waals surface area (Å²) in [6.07, 6.45) is 0.538.